The van der Waals surface area contributed by atoms with Crippen LogP contribution in [0.2, 0.25) is 0 Å². The quantitative estimate of drug-likeness (QED) is 0.167. The van der Waals surface area contributed by atoms with Crippen LogP contribution in [0, 0.1) is 3.57 Å². The summed E-state index contributed by atoms with van der Waals surface area (Å²) < 4.78 is 12.4. The van der Waals surface area contributed by atoms with Gasteiger partial charge < -0.3 is 9.47 Å². The lowest BCUT2D eigenvalue weighted by atomic mass is 10.1. The number of nitrogens with zero attached hydrogens (tertiary/aromatic N) is 1. The second-order valence-corrected chi connectivity index (χ2v) is 7.94. The molecule has 0 heterocycles. The fourth-order valence-corrected chi connectivity index (χ4v) is 3.03. The van der Waals surface area contributed by atoms with Crippen LogP contribution in [0.15, 0.2) is 53.6 Å². The molecule has 0 radical (unpaired) electrons. The largest absolute Gasteiger partial charge is 0.493 e. The monoisotopic (exact) mass is 508 g/mol. The van der Waals surface area contributed by atoms with E-state index in [1.165, 1.54) is 32.1 Å². The van der Waals surface area contributed by atoms with Crippen LogP contribution in [0.4, 0.5) is 0 Å². The SMILES string of the molecule is CCCCCCCCOc1ccccc1/C=N\NC(=O)COc1ccc(I)cc1. The molecule has 156 valence electrons. The fourth-order valence-electron chi connectivity index (χ4n) is 2.67. The van der Waals surface area contributed by atoms with E-state index in [4.69, 9.17) is 9.47 Å². The summed E-state index contributed by atoms with van der Waals surface area (Å²) in [6, 6.07) is 15.2. The minimum absolute atomic E-state index is 0.0892. The second-order valence-electron chi connectivity index (χ2n) is 6.69. The molecule has 2 rings (SSSR count). The maximum Gasteiger partial charge on any atom is 0.277 e. The molecule has 0 fully saturated rings. The van der Waals surface area contributed by atoms with E-state index in [1.54, 1.807) is 6.21 Å². The molecular weight excluding hydrogens is 479 g/mol. The Balaban J connectivity index is 1.72. The van der Waals surface area contributed by atoms with Crippen molar-refractivity contribution >= 4 is 34.7 Å². The van der Waals surface area contributed by atoms with Crippen LogP contribution in [0.25, 0.3) is 0 Å². The van der Waals surface area contributed by atoms with E-state index in [-0.39, 0.29) is 12.5 Å². The van der Waals surface area contributed by atoms with E-state index in [1.807, 2.05) is 48.5 Å². The minimum Gasteiger partial charge on any atom is -0.493 e. The Labute approximate surface area is 187 Å². The summed E-state index contributed by atoms with van der Waals surface area (Å²) in [6.45, 7) is 2.82. The van der Waals surface area contributed by atoms with Gasteiger partial charge in [0.15, 0.2) is 6.61 Å². The van der Waals surface area contributed by atoms with Gasteiger partial charge in [-0.3, -0.25) is 4.79 Å². The van der Waals surface area contributed by atoms with Gasteiger partial charge in [0, 0.05) is 9.13 Å². The number of carbonyl (C=O) groups is 1. The molecule has 2 aromatic rings. The number of benzene rings is 2. The van der Waals surface area contributed by atoms with Crippen molar-refractivity contribution in [3.8, 4) is 11.5 Å². The number of hydrazone groups is 1. The van der Waals surface area contributed by atoms with Gasteiger partial charge in [0.05, 0.1) is 12.8 Å². The van der Waals surface area contributed by atoms with E-state index in [9.17, 15) is 4.79 Å². The zero-order chi connectivity index (χ0) is 20.7. The lowest BCUT2D eigenvalue weighted by molar-refractivity contribution is -0.123. The Hall–Kier alpha value is -2.09. The number of halogens is 1. The predicted molar refractivity (Wildman–Crippen MR) is 126 cm³/mol. The molecule has 0 aliphatic heterocycles. The summed E-state index contributed by atoms with van der Waals surface area (Å²) in [6.07, 6.45) is 8.95. The highest BCUT2D eigenvalue weighted by Crippen LogP contribution is 2.17. The summed E-state index contributed by atoms with van der Waals surface area (Å²) in [4.78, 5) is 11.9. The molecule has 0 saturated heterocycles. The highest BCUT2D eigenvalue weighted by molar-refractivity contribution is 14.1. The zero-order valence-corrected chi connectivity index (χ0v) is 19.1. The summed E-state index contributed by atoms with van der Waals surface area (Å²) in [5.74, 6) is 1.11. The minimum atomic E-state index is -0.315. The van der Waals surface area contributed by atoms with Gasteiger partial charge >= 0.3 is 0 Å². The molecule has 29 heavy (non-hydrogen) atoms. The third-order valence-electron chi connectivity index (χ3n) is 4.25. The van der Waals surface area contributed by atoms with Gasteiger partial charge in [-0.05, 0) is 65.4 Å². The lowest BCUT2D eigenvalue weighted by Crippen LogP contribution is -2.24. The first-order chi connectivity index (χ1) is 14.2. The van der Waals surface area contributed by atoms with Gasteiger partial charge in [-0.2, -0.15) is 5.10 Å². The Morgan fingerprint density at radius 2 is 1.72 bits per heavy atom. The normalized spacial score (nSPS) is 10.8. The third kappa shape index (κ3) is 9.78. The summed E-state index contributed by atoms with van der Waals surface area (Å²) >= 11 is 2.22. The van der Waals surface area contributed by atoms with Crippen LogP contribution >= 0.6 is 22.6 Å². The molecule has 0 bridgehead atoms. The van der Waals surface area contributed by atoms with Gasteiger partial charge in [0.1, 0.15) is 11.5 Å². The molecule has 2 aromatic carbocycles. The Bertz CT molecular complexity index is 763. The van der Waals surface area contributed by atoms with Crippen molar-refractivity contribution < 1.29 is 14.3 Å². The molecule has 0 saturated carbocycles. The average molecular weight is 508 g/mol. The maximum atomic E-state index is 11.9. The number of hydrogen-bond acceptors (Lipinski definition) is 4. The van der Waals surface area contributed by atoms with Crippen LogP contribution in [0.5, 0.6) is 11.5 Å². The Kier molecular flexibility index (Phi) is 11.2. The lowest BCUT2D eigenvalue weighted by Gasteiger charge is -2.09. The number of nitrogens with one attached hydrogen (secondary N) is 1. The Morgan fingerprint density at radius 3 is 2.52 bits per heavy atom. The Morgan fingerprint density at radius 1 is 1.00 bits per heavy atom. The zero-order valence-electron chi connectivity index (χ0n) is 16.9. The van der Waals surface area contributed by atoms with Crippen molar-refractivity contribution in [2.75, 3.05) is 13.2 Å². The highest BCUT2D eigenvalue weighted by Gasteiger charge is 2.03. The number of amides is 1. The van der Waals surface area contributed by atoms with Crippen molar-refractivity contribution in [3.63, 3.8) is 0 Å². The summed E-state index contributed by atoms with van der Waals surface area (Å²) in [7, 11) is 0. The number of ether oxygens (including phenoxy) is 2. The maximum absolute atomic E-state index is 11.9. The van der Waals surface area contributed by atoms with Crippen molar-refractivity contribution in [1.29, 1.82) is 0 Å². The van der Waals surface area contributed by atoms with Crippen molar-refractivity contribution in [3.05, 3.63) is 57.7 Å². The summed E-state index contributed by atoms with van der Waals surface area (Å²) in [5.41, 5.74) is 3.32. The van der Waals surface area contributed by atoms with Gasteiger partial charge in [-0.25, -0.2) is 5.43 Å². The summed E-state index contributed by atoms with van der Waals surface area (Å²) in [5, 5.41) is 4.02. The van der Waals surface area contributed by atoms with Gasteiger partial charge in [-0.1, -0.05) is 51.2 Å². The van der Waals surface area contributed by atoms with Crippen LogP contribution in [-0.2, 0) is 4.79 Å². The predicted octanol–water partition coefficient (Wildman–Crippen LogP) is 5.56. The average Bonchev–Trinajstić information content (AvgIpc) is 2.73. The number of para-hydroxylation sites is 1. The van der Waals surface area contributed by atoms with Gasteiger partial charge in [-0.15, -0.1) is 0 Å². The first kappa shape index (κ1) is 23.2. The van der Waals surface area contributed by atoms with E-state index >= 15 is 0 Å². The van der Waals surface area contributed by atoms with E-state index < -0.39 is 0 Å². The highest BCUT2D eigenvalue weighted by atomic mass is 127. The van der Waals surface area contributed by atoms with Crippen LogP contribution in [0.1, 0.15) is 51.0 Å². The second kappa shape index (κ2) is 14.0. The molecule has 0 unspecified atom stereocenters. The van der Waals surface area contributed by atoms with Crippen molar-refractivity contribution in [2.24, 2.45) is 5.10 Å². The third-order valence-corrected chi connectivity index (χ3v) is 4.97. The van der Waals surface area contributed by atoms with Crippen LogP contribution < -0.4 is 14.9 Å². The molecule has 0 aromatic heterocycles. The number of hydrogen-bond donors (Lipinski definition) is 1. The molecular formula is C23H29IN2O3. The van der Waals surface area contributed by atoms with Crippen LogP contribution in [0.3, 0.4) is 0 Å². The van der Waals surface area contributed by atoms with Gasteiger partial charge in [0.2, 0.25) is 0 Å². The van der Waals surface area contributed by atoms with E-state index in [0.717, 1.165) is 21.3 Å². The number of carbonyl (C=O) groups excluding carboxylic acids is 1. The standard InChI is InChI=1S/C23H29IN2O3/c1-2-3-4-5-6-9-16-28-22-11-8-7-10-19(22)17-25-26-23(27)18-29-21-14-12-20(24)13-15-21/h7-8,10-15,17H,2-6,9,16,18H2,1H3,(H,26,27)/b25-17-. The fraction of sp³-hybridized carbons (Fsp3) is 0.391. The van der Waals surface area contributed by atoms with Gasteiger partial charge in [0.25, 0.3) is 5.91 Å². The molecule has 0 atom stereocenters. The molecule has 0 aliphatic carbocycles. The smallest absolute Gasteiger partial charge is 0.277 e. The first-order valence-electron chi connectivity index (χ1n) is 10.1. The molecule has 1 amide bonds. The topological polar surface area (TPSA) is 59.9 Å². The number of rotatable bonds is 13. The van der Waals surface area contributed by atoms with E-state index in [0.29, 0.717) is 12.4 Å². The van der Waals surface area contributed by atoms with Crippen molar-refractivity contribution in [1.82, 2.24) is 5.43 Å². The number of unbranched alkanes of at least 4 members (excludes halogenated alkanes) is 5. The van der Waals surface area contributed by atoms with Crippen LogP contribution in [-0.4, -0.2) is 25.3 Å². The molecule has 0 spiro atoms. The molecule has 5 nitrogen and oxygen atoms in total. The molecule has 1 N–H and O–H groups in total. The molecule has 6 heteroatoms. The van der Waals surface area contributed by atoms with E-state index in [2.05, 4.69) is 40.0 Å². The molecule has 0 aliphatic rings. The van der Waals surface area contributed by atoms with Crippen molar-refractivity contribution in [2.45, 2.75) is 45.4 Å². The first-order valence-corrected chi connectivity index (χ1v) is 11.2.